The van der Waals surface area contributed by atoms with Gasteiger partial charge in [-0.25, -0.2) is 18.9 Å². The maximum absolute atomic E-state index is 12.8. The van der Waals surface area contributed by atoms with E-state index in [-0.39, 0.29) is 6.54 Å². The topological polar surface area (TPSA) is 116 Å². The minimum absolute atomic E-state index is 0.251. The molecule has 1 N–H and O–H groups in total. The highest BCUT2D eigenvalue weighted by atomic mass is 32.1. The van der Waals surface area contributed by atoms with Crippen molar-refractivity contribution in [2.45, 2.75) is 25.8 Å². The third-order valence-corrected chi connectivity index (χ3v) is 6.62. The van der Waals surface area contributed by atoms with E-state index in [9.17, 15) is 9.59 Å². The first-order valence-corrected chi connectivity index (χ1v) is 11.4. The van der Waals surface area contributed by atoms with Crippen molar-refractivity contribution in [2.75, 3.05) is 37.5 Å². The van der Waals surface area contributed by atoms with Crippen molar-refractivity contribution >= 4 is 44.1 Å². The molecule has 4 aromatic rings. The molecule has 0 saturated carbocycles. The van der Waals surface area contributed by atoms with E-state index in [1.54, 1.807) is 18.2 Å². The molecule has 1 fully saturated rings. The number of hydrogen-bond acceptors (Lipinski definition) is 9. The van der Waals surface area contributed by atoms with Crippen LogP contribution in [0.2, 0.25) is 0 Å². The van der Waals surface area contributed by atoms with Crippen LogP contribution in [0.3, 0.4) is 0 Å². The van der Waals surface area contributed by atoms with Gasteiger partial charge in [0.25, 0.3) is 0 Å². The van der Waals surface area contributed by atoms with Crippen molar-refractivity contribution in [3.8, 4) is 11.5 Å². The molecule has 0 bridgehead atoms. The maximum atomic E-state index is 12.8. The molecule has 172 valence electrons. The number of thiazole rings is 1. The highest BCUT2D eigenvalue weighted by Crippen LogP contribution is 2.31. The normalized spacial score (nSPS) is 14.1. The van der Waals surface area contributed by atoms with E-state index in [4.69, 9.17) is 9.47 Å². The number of aromatic nitrogens is 5. The van der Waals surface area contributed by atoms with E-state index in [0.29, 0.717) is 28.5 Å². The summed E-state index contributed by atoms with van der Waals surface area (Å²) < 4.78 is 13.7. The molecule has 11 nitrogen and oxygen atoms in total. The number of benzene rings is 1. The van der Waals surface area contributed by atoms with E-state index in [2.05, 4.69) is 25.3 Å². The fourth-order valence-electron chi connectivity index (χ4n) is 3.87. The molecule has 3 aromatic heterocycles. The van der Waals surface area contributed by atoms with Crippen molar-refractivity contribution in [3.63, 3.8) is 0 Å². The van der Waals surface area contributed by atoms with Gasteiger partial charge in [-0.1, -0.05) is 11.3 Å². The predicted octanol–water partition coefficient (Wildman–Crippen LogP) is 2.15. The average Bonchev–Trinajstić information content (AvgIpc) is 3.41. The molecule has 0 radical (unpaired) electrons. The maximum Gasteiger partial charge on any atom is 0.352 e. The molecule has 0 atom stereocenters. The molecule has 33 heavy (non-hydrogen) atoms. The van der Waals surface area contributed by atoms with Crippen LogP contribution in [0.15, 0.2) is 29.3 Å². The highest BCUT2D eigenvalue weighted by Gasteiger charge is 2.20. The molecule has 0 spiro atoms. The summed E-state index contributed by atoms with van der Waals surface area (Å²) in [6.07, 6.45) is 4.92. The minimum atomic E-state index is -0.439. The number of carbonyl (C=O) groups excluding carboxylic acids is 1. The largest absolute Gasteiger partial charge is 0.497 e. The first-order valence-electron chi connectivity index (χ1n) is 10.6. The summed E-state index contributed by atoms with van der Waals surface area (Å²) in [6, 6.07) is 5.03. The van der Waals surface area contributed by atoms with E-state index < -0.39 is 11.6 Å². The minimum Gasteiger partial charge on any atom is -0.497 e. The smallest absolute Gasteiger partial charge is 0.352 e. The van der Waals surface area contributed by atoms with Gasteiger partial charge in [0.1, 0.15) is 29.1 Å². The number of hydrogen-bond donors (Lipinski definition) is 1. The molecule has 1 aliphatic rings. The van der Waals surface area contributed by atoms with E-state index >= 15 is 0 Å². The Hall–Kier alpha value is -3.67. The van der Waals surface area contributed by atoms with Gasteiger partial charge in [0.05, 0.1) is 14.2 Å². The summed E-state index contributed by atoms with van der Waals surface area (Å²) in [5.41, 5.74) is 1.05. The second kappa shape index (κ2) is 8.70. The van der Waals surface area contributed by atoms with Gasteiger partial charge in [0.15, 0.2) is 16.4 Å². The number of fused-ring (bicyclic) bond motifs is 3. The zero-order valence-electron chi connectivity index (χ0n) is 18.3. The zero-order chi connectivity index (χ0) is 22.9. The molecular weight excluding hydrogens is 446 g/mol. The van der Waals surface area contributed by atoms with Gasteiger partial charge in [0.2, 0.25) is 5.91 Å². The Morgan fingerprint density at radius 2 is 1.85 bits per heavy atom. The number of ether oxygens (including phenoxy) is 2. The third-order valence-electron chi connectivity index (χ3n) is 5.52. The van der Waals surface area contributed by atoms with Gasteiger partial charge in [-0.2, -0.15) is 4.98 Å². The average molecular weight is 470 g/mol. The van der Waals surface area contributed by atoms with Crippen LogP contribution in [0.1, 0.15) is 19.3 Å². The Labute approximate surface area is 192 Å². The van der Waals surface area contributed by atoms with Crippen molar-refractivity contribution in [3.05, 3.63) is 35.0 Å². The monoisotopic (exact) mass is 469 g/mol. The second-order valence-electron chi connectivity index (χ2n) is 7.72. The Bertz CT molecular complexity index is 1360. The Balaban J connectivity index is 1.42. The first kappa shape index (κ1) is 21.2. The molecule has 1 saturated heterocycles. The number of piperidine rings is 1. The lowest BCUT2D eigenvalue weighted by molar-refractivity contribution is -0.117. The number of rotatable bonds is 6. The van der Waals surface area contributed by atoms with Crippen LogP contribution in [0, 0.1) is 0 Å². The fraction of sp³-hybridized carbons (Fsp3) is 0.381. The summed E-state index contributed by atoms with van der Waals surface area (Å²) in [7, 11) is 3.06. The van der Waals surface area contributed by atoms with Crippen LogP contribution in [0.25, 0.3) is 16.0 Å². The van der Waals surface area contributed by atoms with Gasteiger partial charge in [0, 0.05) is 37.0 Å². The molecular formula is C21H23N7O4S. The summed E-state index contributed by atoms with van der Waals surface area (Å²) in [6.45, 7) is 1.68. The SMILES string of the molecule is COc1cc(NC(=O)Cn2nc3c4sc(N5CCCCC5)nc4ncn3c2=O)cc(OC)c1. The third kappa shape index (κ3) is 4.09. The lowest BCUT2D eigenvalue weighted by Gasteiger charge is -2.25. The van der Waals surface area contributed by atoms with Crippen molar-refractivity contribution < 1.29 is 14.3 Å². The number of nitrogens with one attached hydrogen (secondary N) is 1. The Morgan fingerprint density at radius 3 is 2.55 bits per heavy atom. The molecule has 1 aliphatic heterocycles. The number of methoxy groups -OCH3 is 2. The van der Waals surface area contributed by atoms with Gasteiger partial charge in [-0.15, -0.1) is 5.10 Å². The van der Waals surface area contributed by atoms with Crippen LogP contribution in [0.4, 0.5) is 10.8 Å². The van der Waals surface area contributed by atoms with Crippen LogP contribution in [-0.2, 0) is 11.3 Å². The first-order chi connectivity index (χ1) is 16.1. The summed E-state index contributed by atoms with van der Waals surface area (Å²) in [4.78, 5) is 36.7. The number of anilines is 2. The Kier molecular flexibility index (Phi) is 5.58. The fourth-order valence-corrected chi connectivity index (χ4v) is 4.91. The van der Waals surface area contributed by atoms with Crippen LogP contribution >= 0.6 is 11.3 Å². The van der Waals surface area contributed by atoms with Gasteiger partial charge in [-0.05, 0) is 19.3 Å². The van der Waals surface area contributed by atoms with E-state index in [0.717, 1.165) is 40.4 Å². The standard InChI is InChI=1S/C21H23N7O4S/c1-31-14-8-13(9-15(10-14)32-2)23-16(29)11-28-21(30)27-12-22-18-17(19(27)25-28)33-20(24-18)26-6-4-3-5-7-26/h8-10,12H,3-7,11H2,1-2H3,(H,23,29). The van der Waals surface area contributed by atoms with Crippen molar-refractivity contribution in [2.24, 2.45) is 0 Å². The van der Waals surface area contributed by atoms with Crippen LogP contribution in [0.5, 0.6) is 11.5 Å². The van der Waals surface area contributed by atoms with Gasteiger partial charge in [-0.3, -0.25) is 4.79 Å². The highest BCUT2D eigenvalue weighted by molar-refractivity contribution is 7.22. The zero-order valence-corrected chi connectivity index (χ0v) is 19.1. The molecule has 0 unspecified atom stereocenters. The van der Waals surface area contributed by atoms with Gasteiger partial charge >= 0.3 is 5.69 Å². The quantitative estimate of drug-likeness (QED) is 0.457. The molecule has 4 heterocycles. The summed E-state index contributed by atoms with van der Waals surface area (Å²) in [5.74, 6) is 0.675. The lowest BCUT2D eigenvalue weighted by Crippen LogP contribution is -2.29. The molecule has 5 rings (SSSR count). The molecule has 1 amide bonds. The lowest BCUT2D eigenvalue weighted by atomic mass is 10.1. The molecule has 1 aromatic carbocycles. The molecule has 0 aliphatic carbocycles. The summed E-state index contributed by atoms with van der Waals surface area (Å²) in [5, 5.41) is 8.06. The predicted molar refractivity (Wildman–Crippen MR) is 125 cm³/mol. The van der Waals surface area contributed by atoms with E-state index in [1.807, 2.05) is 0 Å². The van der Waals surface area contributed by atoms with E-state index in [1.165, 1.54) is 42.7 Å². The van der Waals surface area contributed by atoms with Crippen LogP contribution < -0.4 is 25.4 Å². The number of nitrogens with zero attached hydrogens (tertiary/aromatic N) is 6. The van der Waals surface area contributed by atoms with Crippen molar-refractivity contribution in [1.29, 1.82) is 0 Å². The number of carbonyl (C=O) groups is 1. The summed E-state index contributed by atoms with van der Waals surface area (Å²) >= 11 is 1.47. The van der Waals surface area contributed by atoms with Gasteiger partial charge < -0.3 is 19.7 Å². The molecule has 12 heteroatoms. The second-order valence-corrected chi connectivity index (χ2v) is 8.70. The number of amides is 1. The Morgan fingerprint density at radius 1 is 1.12 bits per heavy atom. The van der Waals surface area contributed by atoms with Crippen LogP contribution in [-0.4, -0.2) is 57.4 Å². The van der Waals surface area contributed by atoms with Crippen molar-refractivity contribution in [1.82, 2.24) is 24.1 Å².